The van der Waals surface area contributed by atoms with Crippen molar-refractivity contribution < 1.29 is 4.79 Å². The Balaban J connectivity index is 1.91. The largest absolute Gasteiger partial charge is 0.303 e. The van der Waals surface area contributed by atoms with Crippen molar-refractivity contribution in [2.45, 2.75) is 26.3 Å². The van der Waals surface area contributed by atoms with Gasteiger partial charge in [-0.3, -0.25) is 4.90 Å². The van der Waals surface area contributed by atoms with E-state index in [9.17, 15) is 4.79 Å². The van der Waals surface area contributed by atoms with E-state index >= 15 is 0 Å². The van der Waals surface area contributed by atoms with Gasteiger partial charge >= 0.3 is 0 Å². The molecule has 2 rings (SSSR count). The number of nitrogens with zero attached hydrogens (tertiary/aromatic N) is 2. The molecule has 1 aromatic heterocycles. The number of hydrogen-bond donors (Lipinski definition) is 0. The Labute approximate surface area is 94.1 Å². The molecule has 0 spiro atoms. The fourth-order valence-corrected chi connectivity index (χ4v) is 2.88. The average Bonchev–Trinajstić information content (AvgIpc) is 2.64. The van der Waals surface area contributed by atoms with Crippen molar-refractivity contribution >= 4 is 17.6 Å². The summed E-state index contributed by atoms with van der Waals surface area (Å²) in [7, 11) is 0. The fourth-order valence-electron chi connectivity index (χ4n) is 2.04. The van der Waals surface area contributed by atoms with Gasteiger partial charge in [0, 0.05) is 30.1 Å². The number of hydrogen-bond acceptors (Lipinski definition) is 4. The summed E-state index contributed by atoms with van der Waals surface area (Å²) in [4.78, 5) is 18.6. The molecular formula is C11H16N2OS. The van der Waals surface area contributed by atoms with Gasteiger partial charge < -0.3 is 4.79 Å². The number of rotatable bonds is 3. The predicted molar refractivity (Wildman–Crippen MR) is 60.9 cm³/mol. The van der Waals surface area contributed by atoms with Gasteiger partial charge in [0.25, 0.3) is 0 Å². The van der Waals surface area contributed by atoms with Crippen LogP contribution >= 0.6 is 11.3 Å². The first-order valence-electron chi connectivity index (χ1n) is 5.37. The highest BCUT2D eigenvalue weighted by atomic mass is 32.1. The van der Waals surface area contributed by atoms with Crippen LogP contribution in [0.4, 0.5) is 0 Å². The van der Waals surface area contributed by atoms with E-state index < -0.39 is 0 Å². The van der Waals surface area contributed by atoms with E-state index in [1.165, 1.54) is 4.88 Å². The maximum absolute atomic E-state index is 10.7. The van der Waals surface area contributed by atoms with Gasteiger partial charge in [-0.25, -0.2) is 4.98 Å². The second-order valence-electron chi connectivity index (χ2n) is 4.12. The van der Waals surface area contributed by atoms with Gasteiger partial charge in [0.05, 0.1) is 5.01 Å². The summed E-state index contributed by atoms with van der Waals surface area (Å²) in [6.45, 7) is 5.01. The molecule has 82 valence electrons. The Morgan fingerprint density at radius 3 is 3.27 bits per heavy atom. The Morgan fingerprint density at radius 2 is 2.60 bits per heavy atom. The topological polar surface area (TPSA) is 33.2 Å². The van der Waals surface area contributed by atoms with Crippen LogP contribution in [-0.4, -0.2) is 29.3 Å². The number of likely N-dealkylation sites (tertiary alicyclic amines) is 1. The van der Waals surface area contributed by atoms with E-state index in [1.54, 1.807) is 11.3 Å². The first-order chi connectivity index (χ1) is 7.28. The molecule has 0 amide bonds. The van der Waals surface area contributed by atoms with Gasteiger partial charge in [-0.05, 0) is 26.3 Å². The number of thiazole rings is 1. The summed E-state index contributed by atoms with van der Waals surface area (Å²) in [5.74, 6) is 0.243. The van der Waals surface area contributed by atoms with Crippen LogP contribution in [0.15, 0.2) is 6.20 Å². The van der Waals surface area contributed by atoms with Crippen LogP contribution in [0.25, 0.3) is 0 Å². The molecule has 0 N–H and O–H groups in total. The molecule has 1 aliphatic heterocycles. The van der Waals surface area contributed by atoms with Crippen molar-refractivity contribution in [3.63, 3.8) is 0 Å². The maximum atomic E-state index is 10.7. The van der Waals surface area contributed by atoms with Crippen LogP contribution in [-0.2, 0) is 11.3 Å². The van der Waals surface area contributed by atoms with Crippen molar-refractivity contribution in [3.05, 3.63) is 16.1 Å². The Hall–Kier alpha value is -0.740. The summed E-state index contributed by atoms with van der Waals surface area (Å²) >= 11 is 1.75. The third kappa shape index (κ3) is 2.86. The van der Waals surface area contributed by atoms with E-state index in [1.807, 2.05) is 13.1 Å². The highest BCUT2D eigenvalue weighted by molar-refractivity contribution is 7.11. The van der Waals surface area contributed by atoms with Crippen LogP contribution in [0.5, 0.6) is 0 Å². The molecule has 0 aliphatic carbocycles. The molecule has 1 aliphatic rings. The minimum Gasteiger partial charge on any atom is -0.303 e. The van der Waals surface area contributed by atoms with Gasteiger partial charge in [0.15, 0.2) is 0 Å². The average molecular weight is 224 g/mol. The van der Waals surface area contributed by atoms with E-state index in [0.29, 0.717) is 0 Å². The zero-order valence-corrected chi connectivity index (χ0v) is 9.80. The minimum absolute atomic E-state index is 0.243. The molecule has 1 atom stereocenters. The Kier molecular flexibility index (Phi) is 3.49. The number of aryl methyl sites for hydroxylation is 1. The SMILES string of the molecule is Cc1ncc(CN2CCCC(C=O)C2)s1. The Bertz CT molecular complexity index is 337. The number of piperidine rings is 1. The van der Waals surface area contributed by atoms with Gasteiger partial charge in [-0.1, -0.05) is 0 Å². The van der Waals surface area contributed by atoms with E-state index in [0.717, 1.165) is 43.8 Å². The molecule has 1 unspecified atom stereocenters. The number of aromatic nitrogens is 1. The zero-order valence-electron chi connectivity index (χ0n) is 8.98. The molecule has 1 aromatic rings. The lowest BCUT2D eigenvalue weighted by Crippen LogP contribution is -2.35. The van der Waals surface area contributed by atoms with E-state index in [-0.39, 0.29) is 5.92 Å². The van der Waals surface area contributed by atoms with Crippen molar-refractivity contribution in [1.29, 1.82) is 0 Å². The van der Waals surface area contributed by atoms with Crippen LogP contribution in [0.1, 0.15) is 22.7 Å². The number of carbonyl (C=O) groups excluding carboxylic acids is 1. The summed E-state index contributed by atoms with van der Waals surface area (Å²) < 4.78 is 0. The second kappa shape index (κ2) is 4.86. The molecule has 1 saturated heterocycles. The van der Waals surface area contributed by atoms with Crippen LogP contribution < -0.4 is 0 Å². The normalized spacial score (nSPS) is 22.9. The van der Waals surface area contributed by atoms with E-state index in [4.69, 9.17) is 0 Å². The lowest BCUT2D eigenvalue weighted by Gasteiger charge is -2.29. The maximum Gasteiger partial charge on any atom is 0.124 e. The summed E-state index contributed by atoms with van der Waals surface area (Å²) in [6, 6.07) is 0. The minimum atomic E-state index is 0.243. The van der Waals surface area contributed by atoms with Gasteiger partial charge in [0.2, 0.25) is 0 Å². The van der Waals surface area contributed by atoms with E-state index in [2.05, 4.69) is 9.88 Å². The summed E-state index contributed by atoms with van der Waals surface area (Å²) in [5, 5.41) is 1.12. The molecule has 2 heterocycles. The van der Waals surface area contributed by atoms with Gasteiger partial charge in [-0.15, -0.1) is 11.3 Å². The van der Waals surface area contributed by atoms with Crippen molar-refractivity contribution in [1.82, 2.24) is 9.88 Å². The van der Waals surface area contributed by atoms with Crippen molar-refractivity contribution in [2.24, 2.45) is 5.92 Å². The summed E-state index contributed by atoms with van der Waals surface area (Å²) in [5.41, 5.74) is 0. The second-order valence-corrected chi connectivity index (χ2v) is 5.44. The monoisotopic (exact) mass is 224 g/mol. The first kappa shape index (κ1) is 10.8. The summed E-state index contributed by atoms with van der Waals surface area (Å²) in [6.07, 6.45) is 5.25. The Morgan fingerprint density at radius 1 is 1.73 bits per heavy atom. The smallest absolute Gasteiger partial charge is 0.124 e. The molecular weight excluding hydrogens is 208 g/mol. The molecule has 15 heavy (non-hydrogen) atoms. The van der Waals surface area contributed by atoms with Gasteiger partial charge in [0.1, 0.15) is 6.29 Å². The molecule has 4 heteroatoms. The molecule has 0 radical (unpaired) electrons. The molecule has 0 aromatic carbocycles. The predicted octanol–water partition coefficient (Wildman–Crippen LogP) is 1.86. The molecule has 0 saturated carbocycles. The number of aldehydes is 1. The van der Waals surface area contributed by atoms with Crippen molar-refractivity contribution in [2.75, 3.05) is 13.1 Å². The first-order valence-corrected chi connectivity index (χ1v) is 6.18. The molecule has 0 bridgehead atoms. The quantitative estimate of drug-likeness (QED) is 0.735. The van der Waals surface area contributed by atoms with Gasteiger partial charge in [-0.2, -0.15) is 0 Å². The van der Waals surface area contributed by atoms with Crippen molar-refractivity contribution in [3.8, 4) is 0 Å². The highest BCUT2D eigenvalue weighted by Crippen LogP contribution is 2.19. The van der Waals surface area contributed by atoms with Crippen LogP contribution in [0.2, 0.25) is 0 Å². The third-order valence-electron chi connectivity index (χ3n) is 2.78. The number of carbonyl (C=O) groups is 1. The third-order valence-corrected chi connectivity index (χ3v) is 3.68. The molecule has 3 nitrogen and oxygen atoms in total. The molecule has 1 fully saturated rings. The fraction of sp³-hybridized carbons (Fsp3) is 0.636. The highest BCUT2D eigenvalue weighted by Gasteiger charge is 2.19. The van der Waals surface area contributed by atoms with Crippen LogP contribution in [0, 0.1) is 12.8 Å². The zero-order chi connectivity index (χ0) is 10.7. The lowest BCUT2D eigenvalue weighted by molar-refractivity contribution is -0.112. The lowest BCUT2D eigenvalue weighted by atomic mass is 10.00. The standard InChI is InChI=1S/C11H16N2OS/c1-9-12-5-11(15-9)7-13-4-2-3-10(6-13)8-14/h5,8,10H,2-4,6-7H2,1H3. The van der Waals surface area contributed by atoms with Crippen LogP contribution in [0.3, 0.4) is 0 Å².